The minimum absolute atomic E-state index is 0.0168. The van der Waals surface area contributed by atoms with Crippen LogP contribution in [-0.2, 0) is 14.4 Å². The van der Waals surface area contributed by atoms with Crippen molar-refractivity contribution in [3.63, 3.8) is 0 Å². The van der Waals surface area contributed by atoms with Crippen molar-refractivity contribution >= 4 is 61.4 Å². The molecular formula is C18H12Br2N2O5. The van der Waals surface area contributed by atoms with Crippen LogP contribution < -0.4 is 15.2 Å². The standard InChI is InChI=1S/C18H12Br2N2O5/c19-13-7-10(8-14(20)16(13)27-9-15(23)24)6-12-17(25)21-22(18(12)26)11-4-2-1-3-5-11/h1-8H,9H2,(H,21,25)(H,23,24)/b12-6-. The number of anilines is 1. The second-order valence-corrected chi connectivity index (χ2v) is 7.18. The third kappa shape index (κ3) is 4.20. The lowest BCUT2D eigenvalue weighted by Gasteiger charge is -2.13. The number of carbonyl (C=O) groups excluding carboxylic acids is 2. The van der Waals surface area contributed by atoms with Crippen molar-refractivity contribution in [2.75, 3.05) is 11.6 Å². The quantitative estimate of drug-likeness (QED) is 0.490. The number of rotatable bonds is 5. The number of hydrazine groups is 1. The molecule has 0 saturated carbocycles. The number of ether oxygens (including phenoxy) is 1. The van der Waals surface area contributed by atoms with E-state index in [1.165, 1.54) is 11.1 Å². The molecule has 7 nitrogen and oxygen atoms in total. The number of aliphatic carboxylic acids is 1. The number of benzene rings is 2. The molecule has 1 heterocycles. The lowest BCUT2D eigenvalue weighted by molar-refractivity contribution is -0.139. The van der Waals surface area contributed by atoms with Gasteiger partial charge in [0.25, 0.3) is 11.8 Å². The van der Waals surface area contributed by atoms with Crippen LogP contribution in [0.4, 0.5) is 5.69 Å². The summed E-state index contributed by atoms with van der Waals surface area (Å²) in [7, 11) is 0. The minimum atomic E-state index is -1.10. The van der Waals surface area contributed by atoms with Crippen LogP contribution in [0.25, 0.3) is 6.08 Å². The number of hydrogen-bond donors (Lipinski definition) is 2. The first-order valence-corrected chi connectivity index (χ1v) is 9.21. The van der Waals surface area contributed by atoms with E-state index in [9.17, 15) is 14.4 Å². The Morgan fingerprint density at radius 2 is 1.78 bits per heavy atom. The molecule has 2 amide bonds. The number of amides is 2. The Labute approximate surface area is 170 Å². The van der Waals surface area contributed by atoms with Gasteiger partial charge in [-0.05, 0) is 67.8 Å². The largest absolute Gasteiger partial charge is 0.480 e. The molecule has 138 valence electrons. The average Bonchev–Trinajstić information content (AvgIpc) is 2.90. The zero-order valence-electron chi connectivity index (χ0n) is 13.6. The van der Waals surface area contributed by atoms with Crippen molar-refractivity contribution in [2.24, 2.45) is 0 Å². The Hall–Kier alpha value is -2.65. The molecule has 3 rings (SSSR count). The second kappa shape index (κ2) is 7.93. The first-order chi connectivity index (χ1) is 12.9. The van der Waals surface area contributed by atoms with Gasteiger partial charge in [0, 0.05) is 0 Å². The molecule has 1 saturated heterocycles. The van der Waals surface area contributed by atoms with E-state index in [0.29, 0.717) is 25.9 Å². The highest BCUT2D eigenvalue weighted by Crippen LogP contribution is 2.35. The van der Waals surface area contributed by atoms with Crippen LogP contribution in [0, 0.1) is 0 Å². The first-order valence-electron chi connectivity index (χ1n) is 7.62. The summed E-state index contributed by atoms with van der Waals surface area (Å²) >= 11 is 6.61. The molecule has 0 unspecified atom stereocenters. The lowest BCUT2D eigenvalue weighted by Crippen LogP contribution is -2.35. The van der Waals surface area contributed by atoms with E-state index in [2.05, 4.69) is 37.3 Å². The summed E-state index contributed by atoms with van der Waals surface area (Å²) in [5.74, 6) is -1.77. The topological polar surface area (TPSA) is 95.9 Å². The van der Waals surface area contributed by atoms with Gasteiger partial charge in [0.1, 0.15) is 11.3 Å². The second-order valence-electron chi connectivity index (χ2n) is 5.47. The van der Waals surface area contributed by atoms with E-state index in [1.807, 2.05) is 6.07 Å². The van der Waals surface area contributed by atoms with Crippen molar-refractivity contribution < 1.29 is 24.2 Å². The molecule has 0 bridgehead atoms. The third-order valence-electron chi connectivity index (χ3n) is 3.58. The van der Waals surface area contributed by atoms with Crippen LogP contribution in [0.2, 0.25) is 0 Å². The molecule has 1 aliphatic rings. The van der Waals surface area contributed by atoms with Gasteiger partial charge in [-0.25, -0.2) is 9.80 Å². The number of hydrogen-bond acceptors (Lipinski definition) is 4. The summed E-state index contributed by atoms with van der Waals surface area (Å²) in [4.78, 5) is 35.5. The van der Waals surface area contributed by atoms with Crippen molar-refractivity contribution in [1.29, 1.82) is 0 Å². The molecule has 2 N–H and O–H groups in total. The number of halogens is 2. The van der Waals surface area contributed by atoms with Crippen molar-refractivity contribution in [3.05, 3.63) is 62.5 Å². The molecule has 0 radical (unpaired) electrons. The number of carboxylic acid groups (broad SMARTS) is 1. The summed E-state index contributed by atoms with van der Waals surface area (Å²) in [5.41, 5.74) is 3.62. The number of nitrogens with one attached hydrogen (secondary N) is 1. The van der Waals surface area contributed by atoms with E-state index in [0.717, 1.165) is 0 Å². The van der Waals surface area contributed by atoms with Gasteiger partial charge in [-0.1, -0.05) is 18.2 Å². The maximum atomic E-state index is 12.6. The summed E-state index contributed by atoms with van der Waals surface area (Å²) in [5, 5.41) is 9.91. The molecule has 1 aliphatic heterocycles. The minimum Gasteiger partial charge on any atom is -0.480 e. The van der Waals surface area contributed by atoms with Gasteiger partial charge in [0.05, 0.1) is 14.6 Å². The molecule has 2 aromatic carbocycles. The normalized spacial score (nSPS) is 15.2. The molecule has 2 aromatic rings. The molecule has 9 heteroatoms. The smallest absolute Gasteiger partial charge is 0.341 e. The first kappa shape index (κ1) is 19.1. The highest BCUT2D eigenvalue weighted by Gasteiger charge is 2.34. The summed E-state index contributed by atoms with van der Waals surface area (Å²) in [6.45, 7) is -0.495. The number of carbonyl (C=O) groups is 3. The van der Waals surface area contributed by atoms with Crippen LogP contribution in [-0.4, -0.2) is 29.5 Å². The molecule has 1 fully saturated rings. The van der Waals surface area contributed by atoms with E-state index in [1.54, 1.807) is 36.4 Å². The van der Waals surface area contributed by atoms with Crippen molar-refractivity contribution in [3.8, 4) is 5.75 Å². The molecule has 0 aliphatic carbocycles. The number of nitrogens with zero attached hydrogens (tertiary/aromatic N) is 1. The summed E-state index contributed by atoms with van der Waals surface area (Å²) in [6, 6.07) is 12.0. The Bertz CT molecular complexity index is 936. The van der Waals surface area contributed by atoms with E-state index in [4.69, 9.17) is 9.84 Å². The van der Waals surface area contributed by atoms with Crippen molar-refractivity contribution in [1.82, 2.24) is 5.43 Å². The van der Waals surface area contributed by atoms with Gasteiger partial charge in [-0.2, -0.15) is 0 Å². The van der Waals surface area contributed by atoms with E-state index < -0.39 is 24.4 Å². The Morgan fingerprint density at radius 1 is 1.15 bits per heavy atom. The fourth-order valence-electron chi connectivity index (χ4n) is 2.42. The van der Waals surface area contributed by atoms with Crippen LogP contribution in [0.3, 0.4) is 0 Å². The fourth-order valence-corrected chi connectivity index (χ4v) is 3.87. The SMILES string of the molecule is O=C(O)COc1c(Br)cc(/C=C2/C(=O)NN(c3ccccc3)C2=O)cc1Br. The van der Waals surface area contributed by atoms with Crippen LogP contribution >= 0.6 is 31.9 Å². The van der Waals surface area contributed by atoms with Crippen LogP contribution in [0.15, 0.2) is 57.0 Å². The van der Waals surface area contributed by atoms with Gasteiger partial charge in [0.15, 0.2) is 6.61 Å². The molecule has 0 aromatic heterocycles. The molecular weight excluding hydrogens is 484 g/mol. The summed E-state index contributed by atoms with van der Waals surface area (Å²) < 4.78 is 6.17. The Kier molecular flexibility index (Phi) is 5.62. The van der Waals surface area contributed by atoms with E-state index >= 15 is 0 Å². The average molecular weight is 496 g/mol. The fraction of sp³-hybridized carbons (Fsp3) is 0.0556. The van der Waals surface area contributed by atoms with Crippen LogP contribution in [0.1, 0.15) is 5.56 Å². The van der Waals surface area contributed by atoms with Crippen molar-refractivity contribution in [2.45, 2.75) is 0 Å². The monoisotopic (exact) mass is 494 g/mol. The Balaban J connectivity index is 1.89. The molecule has 0 spiro atoms. The zero-order chi connectivity index (χ0) is 19.6. The zero-order valence-corrected chi connectivity index (χ0v) is 16.8. The predicted octanol–water partition coefficient (Wildman–Crippen LogP) is 3.14. The molecule has 27 heavy (non-hydrogen) atoms. The van der Waals surface area contributed by atoms with Gasteiger partial charge in [-0.3, -0.25) is 15.0 Å². The maximum absolute atomic E-state index is 12.6. The number of carboxylic acids is 1. The molecule has 0 atom stereocenters. The van der Waals surface area contributed by atoms with E-state index in [-0.39, 0.29) is 5.57 Å². The maximum Gasteiger partial charge on any atom is 0.341 e. The predicted molar refractivity (Wildman–Crippen MR) is 105 cm³/mol. The lowest BCUT2D eigenvalue weighted by atomic mass is 10.1. The highest BCUT2D eigenvalue weighted by atomic mass is 79.9. The third-order valence-corrected chi connectivity index (χ3v) is 4.76. The van der Waals surface area contributed by atoms with Crippen LogP contribution in [0.5, 0.6) is 5.75 Å². The van der Waals surface area contributed by atoms with Gasteiger partial charge < -0.3 is 9.84 Å². The summed E-state index contributed by atoms with van der Waals surface area (Å²) in [6.07, 6.45) is 1.46. The van der Waals surface area contributed by atoms with Gasteiger partial charge >= 0.3 is 5.97 Å². The highest BCUT2D eigenvalue weighted by molar-refractivity contribution is 9.11. The van der Waals surface area contributed by atoms with Gasteiger partial charge in [0.2, 0.25) is 0 Å². The number of para-hydroxylation sites is 1. The van der Waals surface area contributed by atoms with Gasteiger partial charge in [-0.15, -0.1) is 0 Å². The Morgan fingerprint density at radius 3 is 2.37 bits per heavy atom.